The number of furan rings is 1. The average Bonchev–Trinajstić information content (AvgIpc) is 2.97. The van der Waals surface area contributed by atoms with E-state index in [2.05, 4.69) is 29.4 Å². The molecule has 0 unspecified atom stereocenters. The first-order chi connectivity index (χ1) is 9.16. The maximum Gasteiger partial charge on any atom is 0.203 e. The molecule has 0 atom stereocenters. The van der Waals surface area contributed by atoms with E-state index in [1.165, 1.54) is 0 Å². The van der Waals surface area contributed by atoms with Crippen molar-refractivity contribution < 1.29 is 4.42 Å². The molecule has 0 aliphatic carbocycles. The Hall–Kier alpha value is -0.910. The van der Waals surface area contributed by atoms with Gasteiger partial charge in [0.05, 0.1) is 11.8 Å². The summed E-state index contributed by atoms with van der Waals surface area (Å²) in [5, 5.41) is 14.0. The van der Waals surface area contributed by atoms with Gasteiger partial charge in [-0.15, -0.1) is 10.2 Å². The molecule has 6 heteroatoms. The lowest BCUT2D eigenvalue weighted by Gasteiger charge is -2.05. The van der Waals surface area contributed by atoms with Crippen LogP contribution >= 0.6 is 22.9 Å². The zero-order valence-corrected chi connectivity index (χ0v) is 12.7. The zero-order valence-electron chi connectivity index (χ0n) is 11.1. The Bertz CT molecular complexity index is 509. The van der Waals surface area contributed by atoms with E-state index in [9.17, 15) is 0 Å². The summed E-state index contributed by atoms with van der Waals surface area (Å²) in [5.41, 5.74) is 0.823. The minimum atomic E-state index is 0.376. The fraction of sp³-hybridized carbons (Fsp3) is 0.538. The van der Waals surface area contributed by atoms with Crippen molar-refractivity contribution >= 4 is 22.9 Å². The molecule has 0 aromatic carbocycles. The van der Waals surface area contributed by atoms with Gasteiger partial charge in [-0.2, -0.15) is 0 Å². The number of rotatable bonds is 7. The molecule has 1 N–H and O–H groups in total. The van der Waals surface area contributed by atoms with Gasteiger partial charge in [0.2, 0.25) is 5.22 Å². The van der Waals surface area contributed by atoms with Crippen LogP contribution in [0.3, 0.4) is 0 Å². The van der Waals surface area contributed by atoms with Crippen LogP contribution in [0.1, 0.15) is 25.3 Å². The van der Waals surface area contributed by atoms with Crippen LogP contribution in [0.5, 0.6) is 0 Å². The van der Waals surface area contributed by atoms with E-state index in [1.807, 2.05) is 6.07 Å². The smallest absolute Gasteiger partial charge is 0.203 e. The predicted octanol–water partition coefficient (Wildman–Crippen LogP) is 3.63. The molecule has 0 saturated carbocycles. The van der Waals surface area contributed by atoms with Gasteiger partial charge in [0.15, 0.2) is 5.01 Å². The summed E-state index contributed by atoms with van der Waals surface area (Å²) < 4.78 is 5.06. The SMILES string of the molecule is CC(C)CNCCCc1nnc(-c2ccoc2Cl)s1. The van der Waals surface area contributed by atoms with Crippen LogP contribution < -0.4 is 5.32 Å². The van der Waals surface area contributed by atoms with Gasteiger partial charge in [0.1, 0.15) is 5.01 Å². The van der Waals surface area contributed by atoms with Crippen molar-refractivity contribution in [2.75, 3.05) is 13.1 Å². The second-order valence-electron chi connectivity index (χ2n) is 4.81. The van der Waals surface area contributed by atoms with Crippen molar-refractivity contribution in [2.45, 2.75) is 26.7 Å². The van der Waals surface area contributed by atoms with E-state index in [0.717, 1.165) is 41.5 Å². The predicted molar refractivity (Wildman–Crippen MR) is 78.6 cm³/mol. The second kappa shape index (κ2) is 7.03. The van der Waals surface area contributed by atoms with Gasteiger partial charge in [-0.3, -0.25) is 0 Å². The fourth-order valence-electron chi connectivity index (χ4n) is 1.66. The molecule has 0 fully saturated rings. The summed E-state index contributed by atoms with van der Waals surface area (Å²) >= 11 is 7.50. The maximum absolute atomic E-state index is 5.92. The molecule has 0 spiro atoms. The molecule has 0 saturated heterocycles. The highest BCUT2D eigenvalue weighted by atomic mass is 35.5. The molecule has 0 aliphatic heterocycles. The Labute approximate surface area is 122 Å². The van der Waals surface area contributed by atoms with Gasteiger partial charge < -0.3 is 9.73 Å². The van der Waals surface area contributed by atoms with Crippen LogP contribution in [-0.4, -0.2) is 23.3 Å². The quantitative estimate of drug-likeness (QED) is 0.793. The summed E-state index contributed by atoms with van der Waals surface area (Å²) in [5.74, 6) is 0.691. The molecule has 0 radical (unpaired) electrons. The van der Waals surface area contributed by atoms with Gasteiger partial charge in [0, 0.05) is 6.42 Å². The van der Waals surface area contributed by atoms with E-state index >= 15 is 0 Å². The second-order valence-corrected chi connectivity index (χ2v) is 6.22. The molecule has 0 amide bonds. The average molecular weight is 300 g/mol. The number of aromatic nitrogens is 2. The molecule has 2 aromatic heterocycles. The number of nitrogens with one attached hydrogen (secondary N) is 1. The van der Waals surface area contributed by atoms with Crippen molar-refractivity contribution in [3.63, 3.8) is 0 Å². The summed E-state index contributed by atoms with van der Waals surface area (Å²) in [6, 6.07) is 1.82. The topological polar surface area (TPSA) is 51.0 Å². The highest BCUT2D eigenvalue weighted by molar-refractivity contribution is 7.14. The molecule has 104 valence electrons. The Balaban J connectivity index is 1.80. The number of aryl methyl sites for hydroxylation is 1. The van der Waals surface area contributed by atoms with Crippen LogP contribution in [0.25, 0.3) is 10.6 Å². The zero-order chi connectivity index (χ0) is 13.7. The molecule has 2 heterocycles. The minimum Gasteiger partial charge on any atom is -0.452 e. The summed E-state index contributed by atoms with van der Waals surface area (Å²) in [4.78, 5) is 0. The van der Waals surface area contributed by atoms with E-state index < -0.39 is 0 Å². The third-order valence-electron chi connectivity index (χ3n) is 2.61. The summed E-state index contributed by atoms with van der Waals surface area (Å²) in [6.45, 7) is 6.49. The highest BCUT2D eigenvalue weighted by Crippen LogP contribution is 2.31. The Morgan fingerprint density at radius 2 is 2.26 bits per heavy atom. The van der Waals surface area contributed by atoms with Crippen LogP contribution in [0.4, 0.5) is 0 Å². The first kappa shape index (κ1) is 14.5. The molecule has 4 nitrogen and oxygen atoms in total. The van der Waals surface area contributed by atoms with Crippen molar-refractivity contribution in [2.24, 2.45) is 5.92 Å². The molecule has 0 bridgehead atoms. The third-order valence-corrected chi connectivity index (χ3v) is 3.92. The molecular weight excluding hydrogens is 282 g/mol. The fourth-order valence-corrected chi connectivity index (χ4v) is 2.83. The lowest BCUT2D eigenvalue weighted by Crippen LogP contribution is -2.21. The number of hydrogen-bond donors (Lipinski definition) is 1. The number of nitrogens with zero attached hydrogens (tertiary/aromatic N) is 2. The van der Waals surface area contributed by atoms with Gasteiger partial charge in [-0.1, -0.05) is 25.2 Å². The van der Waals surface area contributed by atoms with Gasteiger partial charge in [0.25, 0.3) is 0 Å². The summed E-state index contributed by atoms with van der Waals surface area (Å²) in [6.07, 6.45) is 3.58. The van der Waals surface area contributed by atoms with Crippen LogP contribution in [0.2, 0.25) is 5.22 Å². The Morgan fingerprint density at radius 1 is 1.42 bits per heavy atom. The Kier molecular flexibility index (Phi) is 5.36. The third kappa shape index (κ3) is 4.30. The standard InChI is InChI=1S/C13H18ClN3OS/c1-9(2)8-15-6-3-4-11-16-17-13(19-11)10-5-7-18-12(10)14/h5,7,9,15H,3-4,6,8H2,1-2H3. The van der Waals surface area contributed by atoms with Gasteiger partial charge in [-0.05, 0) is 43.1 Å². The lowest BCUT2D eigenvalue weighted by molar-refractivity contribution is 0.542. The van der Waals surface area contributed by atoms with E-state index in [-0.39, 0.29) is 0 Å². The van der Waals surface area contributed by atoms with Crippen molar-refractivity contribution in [3.05, 3.63) is 22.6 Å². The van der Waals surface area contributed by atoms with Crippen molar-refractivity contribution in [3.8, 4) is 10.6 Å². The molecule has 2 rings (SSSR count). The summed E-state index contributed by atoms with van der Waals surface area (Å²) in [7, 11) is 0. The molecule has 19 heavy (non-hydrogen) atoms. The highest BCUT2D eigenvalue weighted by Gasteiger charge is 2.12. The maximum atomic E-state index is 5.92. The Morgan fingerprint density at radius 3 is 2.95 bits per heavy atom. The molecule has 0 aliphatic rings. The lowest BCUT2D eigenvalue weighted by atomic mass is 10.2. The van der Waals surface area contributed by atoms with Crippen molar-refractivity contribution in [1.82, 2.24) is 15.5 Å². The number of hydrogen-bond acceptors (Lipinski definition) is 5. The van der Waals surface area contributed by atoms with Gasteiger partial charge in [-0.25, -0.2) is 0 Å². The van der Waals surface area contributed by atoms with Crippen LogP contribution in [-0.2, 0) is 6.42 Å². The molecule has 2 aromatic rings. The van der Waals surface area contributed by atoms with Crippen LogP contribution in [0, 0.1) is 5.92 Å². The van der Waals surface area contributed by atoms with E-state index in [0.29, 0.717) is 11.1 Å². The monoisotopic (exact) mass is 299 g/mol. The first-order valence-corrected chi connectivity index (χ1v) is 7.62. The normalized spacial score (nSPS) is 11.4. The van der Waals surface area contributed by atoms with Crippen LogP contribution in [0.15, 0.2) is 16.7 Å². The van der Waals surface area contributed by atoms with Crippen molar-refractivity contribution in [1.29, 1.82) is 0 Å². The van der Waals surface area contributed by atoms with E-state index in [1.54, 1.807) is 17.6 Å². The van der Waals surface area contributed by atoms with Gasteiger partial charge >= 0.3 is 0 Å². The largest absolute Gasteiger partial charge is 0.452 e. The first-order valence-electron chi connectivity index (χ1n) is 6.43. The minimum absolute atomic E-state index is 0.376. The number of halogens is 1. The molecular formula is C13H18ClN3OS. The van der Waals surface area contributed by atoms with E-state index in [4.69, 9.17) is 16.0 Å².